The van der Waals surface area contributed by atoms with Crippen molar-refractivity contribution >= 4 is 22.1 Å². The molecule has 8 rings (SSSR count). The first-order valence-corrected chi connectivity index (χ1v) is 14.1. The first-order chi connectivity index (χ1) is 20.8. The maximum Gasteiger partial charge on any atom is 0.145 e. The van der Waals surface area contributed by atoms with Gasteiger partial charge in [0, 0.05) is 16.8 Å². The lowest BCUT2D eigenvalue weighted by Gasteiger charge is -2.16. The van der Waals surface area contributed by atoms with Gasteiger partial charge in [-0.1, -0.05) is 103 Å². The summed E-state index contributed by atoms with van der Waals surface area (Å²) in [5.41, 5.74) is 12.1. The Labute approximate surface area is 243 Å². The van der Waals surface area contributed by atoms with E-state index in [4.69, 9.17) is 4.98 Å². The summed E-state index contributed by atoms with van der Waals surface area (Å²) < 4.78 is 4.42. The summed E-state index contributed by atoms with van der Waals surface area (Å²) in [7, 11) is 0. The molecule has 0 aliphatic carbocycles. The minimum atomic E-state index is 0.933. The largest absolute Gasteiger partial charge is 0.299 e. The second-order valence-corrected chi connectivity index (χ2v) is 10.4. The molecule has 0 radical (unpaired) electrons. The number of para-hydroxylation sites is 5. The molecule has 0 fully saturated rings. The van der Waals surface area contributed by atoms with Crippen LogP contribution < -0.4 is 0 Å². The summed E-state index contributed by atoms with van der Waals surface area (Å²) >= 11 is 0. The smallest absolute Gasteiger partial charge is 0.145 e. The molecule has 0 unspecified atom stereocenters. The number of rotatable bonds is 5. The average Bonchev–Trinajstić information content (AvgIpc) is 3.68. The number of fused-ring (bicyclic) bond motifs is 2. The van der Waals surface area contributed by atoms with E-state index >= 15 is 0 Å². The van der Waals surface area contributed by atoms with Crippen LogP contribution in [0.3, 0.4) is 0 Å². The van der Waals surface area contributed by atoms with Crippen LogP contribution in [0.4, 0.5) is 0 Å². The monoisotopic (exact) mass is 538 g/mol. The fourth-order valence-electron chi connectivity index (χ4n) is 5.81. The number of nitrogens with zero attached hydrogens (tertiary/aromatic N) is 4. The highest BCUT2D eigenvalue weighted by Gasteiger charge is 2.17. The Bertz CT molecular complexity index is 2190. The van der Waals surface area contributed by atoms with E-state index in [0.29, 0.717) is 0 Å². The molecule has 2 aromatic heterocycles. The summed E-state index contributed by atoms with van der Waals surface area (Å²) in [6.45, 7) is 0. The average molecular weight is 539 g/mol. The van der Waals surface area contributed by atoms with Gasteiger partial charge >= 0.3 is 0 Å². The molecule has 0 saturated heterocycles. The molecule has 198 valence electrons. The van der Waals surface area contributed by atoms with Crippen molar-refractivity contribution in [3.05, 3.63) is 158 Å². The van der Waals surface area contributed by atoms with E-state index in [1.54, 1.807) is 0 Å². The lowest BCUT2D eigenvalue weighted by molar-refractivity contribution is 1.09. The molecular formula is C38H26N4. The van der Waals surface area contributed by atoms with Gasteiger partial charge in [0.1, 0.15) is 12.2 Å². The number of benzene rings is 6. The minimum absolute atomic E-state index is 0.933. The molecule has 6 aromatic carbocycles. The third-order valence-electron chi connectivity index (χ3n) is 7.84. The van der Waals surface area contributed by atoms with Gasteiger partial charge in [-0.15, -0.1) is 0 Å². The zero-order valence-corrected chi connectivity index (χ0v) is 22.8. The molecule has 0 bridgehead atoms. The normalized spacial score (nSPS) is 11.3. The van der Waals surface area contributed by atoms with Crippen molar-refractivity contribution in [3.63, 3.8) is 0 Å². The van der Waals surface area contributed by atoms with Gasteiger partial charge in [0.25, 0.3) is 0 Å². The lowest BCUT2D eigenvalue weighted by atomic mass is 9.97. The Balaban J connectivity index is 1.22. The van der Waals surface area contributed by atoms with Crippen molar-refractivity contribution in [3.8, 4) is 45.0 Å². The molecule has 0 aliphatic heterocycles. The second-order valence-electron chi connectivity index (χ2n) is 10.4. The molecule has 0 spiro atoms. The van der Waals surface area contributed by atoms with Crippen LogP contribution in [0.1, 0.15) is 0 Å². The van der Waals surface area contributed by atoms with Crippen molar-refractivity contribution in [2.75, 3.05) is 0 Å². The van der Waals surface area contributed by atoms with E-state index < -0.39 is 0 Å². The van der Waals surface area contributed by atoms with Gasteiger partial charge in [-0.2, -0.15) is 0 Å². The van der Waals surface area contributed by atoms with Crippen LogP contribution in [-0.4, -0.2) is 19.1 Å². The topological polar surface area (TPSA) is 35.6 Å². The van der Waals surface area contributed by atoms with E-state index in [2.05, 4.69) is 135 Å². The fourth-order valence-corrected chi connectivity index (χ4v) is 5.81. The summed E-state index contributed by atoms with van der Waals surface area (Å²) in [5.74, 6) is 0.933. The quantitative estimate of drug-likeness (QED) is 0.219. The van der Waals surface area contributed by atoms with E-state index in [1.807, 2.05) is 36.7 Å². The van der Waals surface area contributed by atoms with Crippen LogP contribution >= 0.6 is 0 Å². The Morgan fingerprint density at radius 3 is 1.98 bits per heavy atom. The molecule has 0 amide bonds. The van der Waals surface area contributed by atoms with Gasteiger partial charge in [-0.05, 0) is 65.2 Å². The predicted octanol–water partition coefficient (Wildman–Crippen LogP) is 9.37. The van der Waals surface area contributed by atoms with Gasteiger partial charge in [-0.25, -0.2) is 9.97 Å². The highest BCUT2D eigenvalue weighted by Crippen LogP contribution is 2.35. The van der Waals surface area contributed by atoms with Gasteiger partial charge in [0.2, 0.25) is 0 Å². The number of aromatic nitrogens is 4. The Morgan fingerprint density at radius 2 is 1.12 bits per heavy atom. The molecule has 2 heterocycles. The van der Waals surface area contributed by atoms with Crippen molar-refractivity contribution in [2.24, 2.45) is 0 Å². The van der Waals surface area contributed by atoms with Crippen LogP contribution in [0.15, 0.2) is 158 Å². The molecule has 0 N–H and O–H groups in total. The van der Waals surface area contributed by atoms with E-state index in [-0.39, 0.29) is 0 Å². The zero-order valence-electron chi connectivity index (χ0n) is 22.8. The zero-order chi connectivity index (χ0) is 27.9. The SMILES string of the molecule is c1ccc(-c2nc3ccccc3n2-c2ccccc2-c2cccc(-c3ccc(-n4cnc5ccccc54)cc3)c2)cc1. The third kappa shape index (κ3) is 4.09. The Hall–Kier alpha value is -5.74. The molecule has 0 atom stereocenters. The summed E-state index contributed by atoms with van der Waals surface area (Å²) in [4.78, 5) is 9.61. The molecule has 4 nitrogen and oxygen atoms in total. The maximum atomic E-state index is 5.06. The Kier molecular flexibility index (Phi) is 5.75. The van der Waals surface area contributed by atoms with Gasteiger partial charge in [-0.3, -0.25) is 9.13 Å². The Morgan fingerprint density at radius 1 is 0.452 bits per heavy atom. The fraction of sp³-hybridized carbons (Fsp3) is 0. The standard InChI is InChI=1S/C38H26N4/c1-2-11-28(12-3-1)38-40-34-17-6-9-20-37(34)42(38)35-18-7-4-15-32(35)30-14-10-13-29(25-30)27-21-23-31(24-22-27)41-26-39-33-16-5-8-19-36(33)41/h1-26H. The summed E-state index contributed by atoms with van der Waals surface area (Å²) in [6.07, 6.45) is 1.89. The third-order valence-corrected chi connectivity index (χ3v) is 7.84. The molecule has 0 saturated carbocycles. The highest BCUT2D eigenvalue weighted by molar-refractivity contribution is 5.87. The second kappa shape index (κ2) is 10.0. The molecular weight excluding hydrogens is 512 g/mol. The van der Waals surface area contributed by atoms with E-state index in [9.17, 15) is 0 Å². The van der Waals surface area contributed by atoms with Gasteiger partial charge in [0.05, 0.1) is 27.8 Å². The van der Waals surface area contributed by atoms with Crippen molar-refractivity contribution < 1.29 is 0 Å². The molecule has 42 heavy (non-hydrogen) atoms. The van der Waals surface area contributed by atoms with Gasteiger partial charge in [0.15, 0.2) is 0 Å². The highest BCUT2D eigenvalue weighted by atomic mass is 15.1. The first-order valence-electron chi connectivity index (χ1n) is 14.1. The lowest BCUT2D eigenvalue weighted by Crippen LogP contribution is -2.00. The van der Waals surface area contributed by atoms with Crippen molar-refractivity contribution in [2.45, 2.75) is 0 Å². The number of hydrogen-bond donors (Lipinski definition) is 0. The van der Waals surface area contributed by atoms with E-state index in [0.717, 1.165) is 56.0 Å². The van der Waals surface area contributed by atoms with Crippen LogP contribution in [0, 0.1) is 0 Å². The van der Waals surface area contributed by atoms with Crippen LogP contribution in [0.2, 0.25) is 0 Å². The van der Waals surface area contributed by atoms with Gasteiger partial charge < -0.3 is 0 Å². The van der Waals surface area contributed by atoms with Crippen LogP contribution in [0.25, 0.3) is 67.1 Å². The maximum absolute atomic E-state index is 5.06. The molecule has 8 aromatic rings. The van der Waals surface area contributed by atoms with Crippen molar-refractivity contribution in [1.29, 1.82) is 0 Å². The molecule has 4 heteroatoms. The molecule has 0 aliphatic rings. The van der Waals surface area contributed by atoms with E-state index in [1.165, 1.54) is 11.1 Å². The first kappa shape index (κ1) is 24.1. The minimum Gasteiger partial charge on any atom is -0.299 e. The van der Waals surface area contributed by atoms with Crippen molar-refractivity contribution in [1.82, 2.24) is 19.1 Å². The summed E-state index contributed by atoms with van der Waals surface area (Å²) in [5, 5.41) is 0. The van der Waals surface area contributed by atoms with Crippen LogP contribution in [-0.2, 0) is 0 Å². The number of hydrogen-bond acceptors (Lipinski definition) is 2. The van der Waals surface area contributed by atoms with Crippen LogP contribution in [0.5, 0.6) is 0 Å². The predicted molar refractivity (Wildman–Crippen MR) is 172 cm³/mol. The number of imidazole rings is 2. The summed E-state index contributed by atoms with van der Waals surface area (Å²) in [6, 6.07) is 53.1.